The van der Waals surface area contributed by atoms with Gasteiger partial charge in [0.2, 0.25) is 5.56 Å². The van der Waals surface area contributed by atoms with Crippen LogP contribution in [0, 0.1) is 5.41 Å². The van der Waals surface area contributed by atoms with Crippen LogP contribution < -0.4 is 10.9 Å². The maximum Gasteiger partial charge on any atom is 0.250 e. The van der Waals surface area contributed by atoms with E-state index in [-0.39, 0.29) is 35.1 Å². The third-order valence-electron chi connectivity index (χ3n) is 5.36. The van der Waals surface area contributed by atoms with E-state index in [9.17, 15) is 4.79 Å². The summed E-state index contributed by atoms with van der Waals surface area (Å²) in [7, 11) is 1.84. The fourth-order valence-electron chi connectivity index (χ4n) is 2.95. The van der Waals surface area contributed by atoms with E-state index < -0.39 is 0 Å². The van der Waals surface area contributed by atoms with Gasteiger partial charge in [-0.2, -0.15) is 0 Å². The van der Waals surface area contributed by atoms with E-state index in [0.717, 1.165) is 38.4 Å². The Morgan fingerprint density at radius 3 is 2.50 bits per heavy atom. The number of unbranched alkanes of at least 4 members (excludes halogenated alkanes) is 1. The number of guanidine groups is 1. The van der Waals surface area contributed by atoms with Crippen molar-refractivity contribution in [3.63, 3.8) is 0 Å². The van der Waals surface area contributed by atoms with Crippen molar-refractivity contribution in [2.45, 2.75) is 52.6 Å². The van der Waals surface area contributed by atoms with Crippen LogP contribution in [-0.2, 0) is 6.54 Å². The van der Waals surface area contributed by atoms with Crippen molar-refractivity contribution in [3.8, 4) is 0 Å². The lowest BCUT2D eigenvalue weighted by atomic mass is 9.65. The second kappa shape index (κ2) is 8.36. The summed E-state index contributed by atoms with van der Waals surface area (Å²) in [5.74, 6) is 0.978. The second-order valence-corrected chi connectivity index (χ2v) is 7.44. The van der Waals surface area contributed by atoms with Crippen molar-refractivity contribution in [1.29, 1.82) is 0 Å². The molecule has 0 bridgehead atoms. The average Bonchev–Trinajstić information content (AvgIpc) is 2.51. The van der Waals surface area contributed by atoms with E-state index >= 15 is 0 Å². The zero-order valence-electron chi connectivity index (χ0n) is 15.5. The predicted octanol–water partition coefficient (Wildman–Crippen LogP) is 2.94. The van der Waals surface area contributed by atoms with Crippen molar-refractivity contribution in [1.82, 2.24) is 14.8 Å². The van der Waals surface area contributed by atoms with E-state index in [1.54, 1.807) is 16.7 Å². The number of halogens is 1. The van der Waals surface area contributed by atoms with E-state index in [1.165, 1.54) is 0 Å². The van der Waals surface area contributed by atoms with E-state index in [0.29, 0.717) is 5.41 Å². The molecule has 0 aromatic carbocycles. The highest BCUT2D eigenvalue weighted by Crippen LogP contribution is 2.46. The van der Waals surface area contributed by atoms with Crippen LogP contribution in [0.2, 0.25) is 0 Å². The zero-order valence-corrected chi connectivity index (χ0v) is 17.8. The molecular weight excluding hydrogens is 415 g/mol. The molecule has 1 aromatic rings. The van der Waals surface area contributed by atoms with Crippen molar-refractivity contribution < 1.29 is 0 Å². The van der Waals surface area contributed by atoms with Crippen LogP contribution in [-0.4, -0.2) is 41.1 Å². The number of nitrogens with one attached hydrogen (secondary N) is 1. The Morgan fingerprint density at radius 1 is 1.25 bits per heavy atom. The Bertz CT molecular complexity index is 621. The number of rotatable bonds is 5. The van der Waals surface area contributed by atoms with Crippen molar-refractivity contribution in [3.05, 3.63) is 34.7 Å². The number of aliphatic imine (C=N–C) groups is 1. The average molecular weight is 446 g/mol. The van der Waals surface area contributed by atoms with E-state index in [1.807, 2.05) is 19.3 Å². The number of likely N-dealkylation sites (tertiary alicyclic amines) is 1. The first kappa shape index (κ1) is 21.0. The van der Waals surface area contributed by atoms with Gasteiger partial charge in [0.1, 0.15) is 0 Å². The molecule has 5 nitrogen and oxygen atoms in total. The minimum atomic E-state index is 0. The van der Waals surface area contributed by atoms with E-state index in [4.69, 9.17) is 0 Å². The Kier molecular flexibility index (Phi) is 7.31. The number of pyridine rings is 1. The minimum absolute atomic E-state index is 0. The van der Waals surface area contributed by atoms with Crippen molar-refractivity contribution in [2.75, 3.05) is 20.1 Å². The first-order chi connectivity index (χ1) is 10.8. The molecule has 0 spiro atoms. The Morgan fingerprint density at radius 2 is 1.96 bits per heavy atom. The molecule has 1 saturated heterocycles. The van der Waals surface area contributed by atoms with Gasteiger partial charge in [0.05, 0.1) is 0 Å². The summed E-state index contributed by atoms with van der Waals surface area (Å²) in [5.41, 5.74) is 0.492. The minimum Gasteiger partial charge on any atom is -0.356 e. The molecule has 0 atom stereocenters. The quantitative estimate of drug-likeness (QED) is 0.328. The molecule has 136 valence electrons. The van der Waals surface area contributed by atoms with Gasteiger partial charge in [-0.05, 0) is 32.8 Å². The summed E-state index contributed by atoms with van der Waals surface area (Å²) in [6.45, 7) is 11.8. The first-order valence-electron chi connectivity index (χ1n) is 8.43. The van der Waals surface area contributed by atoms with Crippen LogP contribution in [0.5, 0.6) is 0 Å². The molecular formula is C18H31IN4O. The Balaban J connectivity index is 0.00000288. The molecule has 1 N–H and O–H groups in total. The maximum atomic E-state index is 11.6. The maximum absolute atomic E-state index is 11.6. The smallest absolute Gasteiger partial charge is 0.250 e. The van der Waals surface area contributed by atoms with Gasteiger partial charge in [0.25, 0.3) is 0 Å². The first-order valence-corrected chi connectivity index (χ1v) is 8.43. The fraction of sp³-hybridized carbons (Fsp3) is 0.667. The molecule has 0 saturated carbocycles. The lowest BCUT2D eigenvalue weighted by Crippen LogP contribution is -2.72. The highest BCUT2D eigenvalue weighted by atomic mass is 127. The summed E-state index contributed by atoms with van der Waals surface area (Å²) >= 11 is 0. The summed E-state index contributed by atoms with van der Waals surface area (Å²) in [6.07, 6.45) is 3.83. The van der Waals surface area contributed by atoms with Crippen LogP contribution in [0.15, 0.2) is 34.2 Å². The predicted molar refractivity (Wildman–Crippen MR) is 111 cm³/mol. The van der Waals surface area contributed by atoms with Crippen LogP contribution >= 0.6 is 24.0 Å². The fourth-order valence-corrected chi connectivity index (χ4v) is 2.95. The number of nitrogens with zero attached hydrogens (tertiary/aromatic N) is 3. The van der Waals surface area contributed by atoms with Gasteiger partial charge in [0, 0.05) is 49.9 Å². The summed E-state index contributed by atoms with van der Waals surface area (Å²) in [6, 6.07) is 5.28. The summed E-state index contributed by atoms with van der Waals surface area (Å²) < 4.78 is 1.76. The Hall–Kier alpha value is -1.05. The third kappa shape index (κ3) is 4.32. The topological polar surface area (TPSA) is 49.6 Å². The third-order valence-corrected chi connectivity index (χ3v) is 5.36. The molecule has 24 heavy (non-hydrogen) atoms. The second-order valence-electron chi connectivity index (χ2n) is 7.44. The number of hydrogen-bond acceptors (Lipinski definition) is 2. The van der Waals surface area contributed by atoms with Crippen molar-refractivity contribution in [2.24, 2.45) is 10.4 Å². The van der Waals surface area contributed by atoms with Crippen LogP contribution in [0.3, 0.4) is 0 Å². The molecule has 0 amide bonds. The molecule has 2 heterocycles. The molecule has 2 rings (SSSR count). The highest BCUT2D eigenvalue weighted by molar-refractivity contribution is 14.0. The van der Waals surface area contributed by atoms with Crippen LogP contribution in [0.4, 0.5) is 0 Å². The molecule has 0 aliphatic carbocycles. The molecule has 0 radical (unpaired) electrons. The molecule has 1 fully saturated rings. The number of aryl methyl sites for hydroxylation is 1. The van der Waals surface area contributed by atoms with Gasteiger partial charge in [-0.3, -0.25) is 9.79 Å². The molecule has 1 aliphatic rings. The van der Waals surface area contributed by atoms with Gasteiger partial charge >= 0.3 is 0 Å². The molecule has 1 aromatic heterocycles. The monoisotopic (exact) mass is 446 g/mol. The highest BCUT2D eigenvalue weighted by Gasteiger charge is 2.53. The van der Waals surface area contributed by atoms with Gasteiger partial charge in [0.15, 0.2) is 5.96 Å². The van der Waals surface area contributed by atoms with Gasteiger partial charge in [-0.1, -0.05) is 19.9 Å². The molecule has 6 heteroatoms. The normalized spacial score (nSPS) is 18.5. The molecule has 1 aliphatic heterocycles. The number of hydrogen-bond donors (Lipinski definition) is 1. The zero-order chi connectivity index (χ0) is 17.1. The lowest BCUT2D eigenvalue weighted by molar-refractivity contribution is -0.0667. The van der Waals surface area contributed by atoms with Crippen molar-refractivity contribution >= 4 is 29.9 Å². The van der Waals surface area contributed by atoms with E-state index in [2.05, 4.69) is 42.9 Å². The standard InChI is InChI=1S/C18H30N4O.HI/c1-17(2)14-22(18(17,3)4)16(19-5)20-11-7-9-13-21-12-8-6-10-15(21)23;/h6,8,10,12H,7,9,11,13-14H2,1-5H3,(H,19,20);1H. The SMILES string of the molecule is CN=C(NCCCCn1ccccc1=O)N1CC(C)(C)C1(C)C.I. The Labute approximate surface area is 162 Å². The summed E-state index contributed by atoms with van der Waals surface area (Å²) in [5, 5.41) is 3.45. The molecule has 0 unspecified atom stereocenters. The van der Waals surface area contributed by atoms with Crippen LogP contribution in [0.1, 0.15) is 40.5 Å². The largest absolute Gasteiger partial charge is 0.356 e. The van der Waals surface area contributed by atoms with Gasteiger partial charge < -0.3 is 14.8 Å². The summed E-state index contributed by atoms with van der Waals surface area (Å²) in [4.78, 5) is 18.4. The number of aromatic nitrogens is 1. The van der Waals surface area contributed by atoms with Gasteiger partial charge in [-0.25, -0.2) is 0 Å². The van der Waals surface area contributed by atoms with Gasteiger partial charge in [-0.15, -0.1) is 24.0 Å². The van der Waals surface area contributed by atoms with Crippen LogP contribution in [0.25, 0.3) is 0 Å². The lowest BCUT2D eigenvalue weighted by Gasteiger charge is -2.62.